The summed E-state index contributed by atoms with van der Waals surface area (Å²) in [7, 11) is 0. The van der Waals surface area contributed by atoms with E-state index in [4.69, 9.17) is 0 Å². The average Bonchev–Trinajstić information content (AvgIpc) is 2.70. The van der Waals surface area contributed by atoms with Gasteiger partial charge in [0.15, 0.2) is 5.69 Å². The molecule has 0 aliphatic heterocycles. The number of halogens is 1. The van der Waals surface area contributed by atoms with Gasteiger partial charge in [0.25, 0.3) is 5.91 Å². The van der Waals surface area contributed by atoms with Gasteiger partial charge in [-0.2, -0.15) is 0 Å². The van der Waals surface area contributed by atoms with Crippen LogP contribution < -0.4 is 5.32 Å². The molecule has 0 radical (unpaired) electrons. The van der Waals surface area contributed by atoms with Crippen LogP contribution in [0.3, 0.4) is 0 Å². The van der Waals surface area contributed by atoms with Gasteiger partial charge in [-0.15, -0.1) is 0 Å². The molecule has 2 aromatic rings. The number of anilines is 1. The van der Waals surface area contributed by atoms with Crippen molar-refractivity contribution in [1.82, 2.24) is 5.16 Å². The van der Waals surface area contributed by atoms with Crippen molar-refractivity contribution in [3.8, 4) is 0 Å². The fraction of sp³-hybridized carbons (Fsp3) is 0. The predicted molar refractivity (Wildman–Crippen MR) is 58.6 cm³/mol. The first kappa shape index (κ1) is 9.92. The summed E-state index contributed by atoms with van der Waals surface area (Å²) in [6.45, 7) is 0. The molecule has 1 aromatic carbocycles. The van der Waals surface area contributed by atoms with Crippen LogP contribution in [0.15, 0.2) is 45.6 Å². The molecule has 0 aliphatic rings. The highest BCUT2D eigenvalue weighted by Crippen LogP contribution is 2.16. The van der Waals surface area contributed by atoms with Crippen molar-refractivity contribution < 1.29 is 9.32 Å². The zero-order chi connectivity index (χ0) is 10.7. The van der Waals surface area contributed by atoms with Crippen LogP contribution in [-0.2, 0) is 0 Å². The van der Waals surface area contributed by atoms with E-state index in [1.54, 1.807) is 12.1 Å². The Morgan fingerprint density at radius 2 is 2.27 bits per heavy atom. The van der Waals surface area contributed by atoms with Crippen molar-refractivity contribution in [2.75, 3.05) is 5.32 Å². The maximum atomic E-state index is 11.5. The summed E-state index contributed by atoms with van der Waals surface area (Å²) < 4.78 is 5.48. The predicted octanol–water partition coefficient (Wildman–Crippen LogP) is 2.69. The molecule has 76 valence electrons. The lowest BCUT2D eigenvalue weighted by Crippen LogP contribution is -2.11. The summed E-state index contributed by atoms with van der Waals surface area (Å²) in [5.41, 5.74) is 0.965. The standard InChI is InChI=1S/C10H7BrN2O2/c11-7-2-1-3-8(6-7)12-10(14)9-4-5-15-13-9/h1-6H,(H,12,14). The van der Waals surface area contributed by atoms with E-state index in [0.717, 1.165) is 4.47 Å². The van der Waals surface area contributed by atoms with Gasteiger partial charge in [-0.3, -0.25) is 4.79 Å². The highest BCUT2D eigenvalue weighted by molar-refractivity contribution is 9.10. The Morgan fingerprint density at radius 3 is 2.93 bits per heavy atom. The third-order valence-corrected chi connectivity index (χ3v) is 2.25. The molecular formula is C10H7BrN2O2. The van der Waals surface area contributed by atoms with Gasteiger partial charge in [-0.25, -0.2) is 0 Å². The SMILES string of the molecule is O=C(Nc1cccc(Br)c1)c1ccon1. The third kappa shape index (κ3) is 2.44. The van der Waals surface area contributed by atoms with E-state index in [2.05, 4.69) is 30.9 Å². The zero-order valence-corrected chi connectivity index (χ0v) is 9.19. The second-order valence-corrected chi connectivity index (χ2v) is 3.76. The van der Waals surface area contributed by atoms with Crippen LogP contribution in [0, 0.1) is 0 Å². The van der Waals surface area contributed by atoms with Crippen LogP contribution in [0.2, 0.25) is 0 Å². The monoisotopic (exact) mass is 266 g/mol. The van der Waals surface area contributed by atoms with Gasteiger partial charge in [-0.1, -0.05) is 27.2 Å². The Morgan fingerprint density at radius 1 is 1.40 bits per heavy atom. The molecule has 15 heavy (non-hydrogen) atoms. The Kier molecular flexibility index (Phi) is 2.82. The summed E-state index contributed by atoms with van der Waals surface area (Å²) >= 11 is 3.32. The molecule has 1 aromatic heterocycles. The van der Waals surface area contributed by atoms with Crippen molar-refractivity contribution >= 4 is 27.5 Å². The molecule has 1 N–H and O–H groups in total. The molecule has 0 aliphatic carbocycles. The summed E-state index contributed by atoms with van der Waals surface area (Å²) in [6.07, 6.45) is 1.36. The minimum absolute atomic E-state index is 0.259. The van der Waals surface area contributed by atoms with E-state index in [1.165, 1.54) is 12.3 Å². The molecule has 0 unspecified atom stereocenters. The van der Waals surface area contributed by atoms with Crippen molar-refractivity contribution in [3.63, 3.8) is 0 Å². The van der Waals surface area contributed by atoms with E-state index in [0.29, 0.717) is 5.69 Å². The van der Waals surface area contributed by atoms with E-state index in [1.807, 2.05) is 12.1 Å². The van der Waals surface area contributed by atoms with E-state index in [9.17, 15) is 4.79 Å². The highest BCUT2D eigenvalue weighted by Gasteiger charge is 2.08. The quantitative estimate of drug-likeness (QED) is 0.910. The first-order valence-corrected chi connectivity index (χ1v) is 5.02. The normalized spacial score (nSPS) is 9.93. The Bertz CT molecular complexity index is 468. The maximum absolute atomic E-state index is 11.5. The van der Waals surface area contributed by atoms with Crippen LogP contribution in [0.1, 0.15) is 10.5 Å². The van der Waals surface area contributed by atoms with Crippen LogP contribution in [0.4, 0.5) is 5.69 Å². The first-order valence-electron chi connectivity index (χ1n) is 4.23. The third-order valence-electron chi connectivity index (χ3n) is 1.75. The van der Waals surface area contributed by atoms with Crippen LogP contribution in [0.5, 0.6) is 0 Å². The second-order valence-electron chi connectivity index (χ2n) is 2.85. The molecule has 0 saturated carbocycles. The number of hydrogen-bond acceptors (Lipinski definition) is 3. The minimum Gasteiger partial charge on any atom is -0.364 e. The molecule has 0 atom stereocenters. The van der Waals surface area contributed by atoms with Gasteiger partial charge in [0.1, 0.15) is 6.26 Å². The summed E-state index contributed by atoms with van der Waals surface area (Å²) in [6, 6.07) is 8.82. The molecule has 2 rings (SSSR count). The van der Waals surface area contributed by atoms with Gasteiger partial charge in [0.2, 0.25) is 0 Å². The van der Waals surface area contributed by atoms with Crippen molar-refractivity contribution in [1.29, 1.82) is 0 Å². The summed E-state index contributed by atoms with van der Waals surface area (Å²) in [5.74, 6) is -0.290. The lowest BCUT2D eigenvalue weighted by atomic mass is 10.3. The first-order chi connectivity index (χ1) is 7.25. The fourth-order valence-corrected chi connectivity index (χ4v) is 1.49. The molecule has 0 fully saturated rings. The van der Waals surface area contributed by atoms with Gasteiger partial charge >= 0.3 is 0 Å². The van der Waals surface area contributed by atoms with Crippen molar-refractivity contribution in [3.05, 3.63) is 46.8 Å². The van der Waals surface area contributed by atoms with Crippen LogP contribution >= 0.6 is 15.9 Å². The zero-order valence-electron chi connectivity index (χ0n) is 7.61. The Labute approximate surface area is 94.4 Å². The number of nitrogens with one attached hydrogen (secondary N) is 1. The Balaban J connectivity index is 2.13. The molecule has 0 spiro atoms. The van der Waals surface area contributed by atoms with Crippen LogP contribution in [0.25, 0.3) is 0 Å². The van der Waals surface area contributed by atoms with Gasteiger partial charge in [0, 0.05) is 16.2 Å². The number of aromatic nitrogens is 1. The van der Waals surface area contributed by atoms with Gasteiger partial charge in [0.05, 0.1) is 0 Å². The van der Waals surface area contributed by atoms with Gasteiger partial charge in [-0.05, 0) is 18.2 Å². The number of carbonyl (C=O) groups excluding carboxylic acids is 1. The average molecular weight is 267 g/mol. The van der Waals surface area contributed by atoms with Gasteiger partial charge < -0.3 is 9.84 Å². The summed E-state index contributed by atoms with van der Waals surface area (Å²) in [4.78, 5) is 11.5. The molecule has 1 heterocycles. The number of nitrogens with zero attached hydrogens (tertiary/aromatic N) is 1. The van der Waals surface area contributed by atoms with E-state index >= 15 is 0 Å². The molecule has 0 bridgehead atoms. The molecular weight excluding hydrogens is 260 g/mol. The minimum atomic E-state index is -0.290. The Hall–Kier alpha value is -1.62. The number of amides is 1. The fourth-order valence-electron chi connectivity index (χ4n) is 1.09. The summed E-state index contributed by atoms with van der Waals surface area (Å²) in [5, 5.41) is 6.23. The number of carbonyl (C=O) groups is 1. The number of rotatable bonds is 2. The number of hydrogen-bond donors (Lipinski definition) is 1. The van der Waals surface area contributed by atoms with E-state index < -0.39 is 0 Å². The molecule has 0 saturated heterocycles. The highest BCUT2D eigenvalue weighted by atomic mass is 79.9. The lowest BCUT2D eigenvalue weighted by Gasteiger charge is -2.02. The second kappa shape index (κ2) is 4.27. The lowest BCUT2D eigenvalue weighted by molar-refractivity contribution is 0.101. The number of benzene rings is 1. The molecule has 5 heteroatoms. The van der Waals surface area contributed by atoms with Crippen molar-refractivity contribution in [2.24, 2.45) is 0 Å². The molecule has 1 amide bonds. The van der Waals surface area contributed by atoms with E-state index in [-0.39, 0.29) is 11.6 Å². The smallest absolute Gasteiger partial charge is 0.277 e. The molecule has 4 nitrogen and oxygen atoms in total. The van der Waals surface area contributed by atoms with Crippen LogP contribution in [-0.4, -0.2) is 11.1 Å². The largest absolute Gasteiger partial charge is 0.364 e. The van der Waals surface area contributed by atoms with Crippen molar-refractivity contribution in [2.45, 2.75) is 0 Å². The maximum Gasteiger partial charge on any atom is 0.277 e. The topological polar surface area (TPSA) is 55.1 Å².